The molecule has 0 aromatic heterocycles. The van der Waals surface area contributed by atoms with Gasteiger partial charge in [0.25, 0.3) is 0 Å². The van der Waals surface area contributed by atoms with Crippen LogP contribution in [-0.4, -0.2) is 30.4 Å². The average Bonchev–Trinajstić information content (AvgIpc) is 2.48. The van der Waals surface area contributed by atoms with Crippen molar-refractivity contribution < 1.29 is 9.18 Å². The summed E-state index contributed by atoms with van der Waals surface area (Å²) in [6.45, 7) is 4.47. The number of hydrogen-bond donors (Lipinski definition) is 1. The van der Waals surface area contributed by atoms with Crippen LogP contribution in [0.4, 0.5) is 4.39 Å². The van der Waals surface area contributed by atoms with E-state index in [-0.39, 0.29) is 23.7 Å². The highest BCUT2D eigenvalue weighted by Gasteiger charge is 2.33. The lowest BCUT2D eigenvalue weighted by Gasteiger charge is -2.38. The zero-order valence-electron chi connectivity index (χ0n) is 11.9. The van der Waals surface area contributed by atoms with Crippen LogP contribution in [-0.2, 0) is 11.2 Å². The molecule has 1 amide bonds. The number of amides is 1. The Morgan fingerprint density at radius 2 is 2.10 bits per heavy atom. The van der Waals surface area contributed by atoms with E-state index in [1.54, 1.807) is 6.07 Å². The number of nitrogens with zero attached hydrogens (tertiary/aromatic N) is 1. The number of hydrogen-bond acceptors (Lipinski definition) is 2. The summed E-state index contributed by atoms with van der Waals surface area (Å²) in [5.41, 5.74) is 1.76. The van der Waals surface area contributed by atoms with Gasteiger partial charge in [0, 0.05) is 18.0 Å². The summed E-state index contributed by atoms with van der Waals surface area (Å²) in [5.74, 6) is 0.123. The van der Waals surface area contributed by atoms with Gasteiger partial charge in [-0.2, -0.15) is 0 Å². The molecular weight excluding hydrogens is 255 g/mol. The Labute approximate surface area is 119 Å². The van der Waals surface area contributed by atoms with Gasteiger partial charge in [-0.05, 0) is 50.9 Å². The predicted octanol–water partition coefficient (Wildman–Crippen LogP) is 2.27. The average molecular weight is 276 g/mol. The number of rotatable bonds is 1. The molecule has 0 saturated carbocycles. The first-order valence-corrected chi connectivity index (χ1v) is 7.47. The van der Waals surface area contributed by atoms with E-state index in [1.807, 2.05) is 17.9 Å². The molecule has 3 rings (SSSR count). The lowest BCUT2D eigenvalue weighted by atomic mass is 9.90. The van der Waals surface area contributed by atoms with Gasteiger partial charge in [-0.15, -0.1) is 0 Å². The van der Waals surface area contributed by atoms with E-state index in [1.165, 1.54) is 6.07 Å². The van der Waals surface area contributed by atoms with E-state index in [0.717, 1.165) is 37.9 Å². The van der Waals surface area contributed by atoms with Gasteiger partial charge in [-0.3, -0.25) is 4.79 Å². The Balaban J connectivity index is 1.82. The van der Waals surface area contributed by atoms with Crippen LogP contribution in [0, 0.1) is 11.7 Å². The molecule has 3 nitrogen and oxygen atoms in total. The molecule has 108 valence electrons. The summed E-state index contributed by atoms with van der Waals surface area (Å²) in [4.78, 5) is 14.5. The van der Waals surface area contributed by atoms with Crippen LogP contribution >= 0.6 is 0 Å². The Morgan fingerprint density at radius 3 is 2.85 bits per heavy atom. The second kappa shape index (κ2) is 5.52. The van der Waals surface area contributed by atoms with E-state index in [4.69, 9.17) is 0 Å². The highest BCUT2D eigenvalue weighted by molar-refractivity contribution is 5.79. The predicted molar refractivity (Wildman–Crippen MR) is 75.8 cm³/mol. The second-order valence-corrected chi connectivity index (χ2v) is 5.79. The summed E-state index contributed by atoms with van der Waals surface area (Å²) >= 11 is 0. The molecule has 4 heteroatoms. The molecule has 1 fully saturated rings. The molecule has 0 bridgehead atoms. The van der Waals surface area contributed by atoms with Gasteiger partial charge in [-0.1, -0.05) is 12.1 Å². The van der Waals surface area contributed by atoms with Crippen molar-refractivity contribution in [3.05, 3.63) is 35.1 Å². The second-order valence-electron chi connectivity index (χ2n) is 5.79. The molecule has 1 saturated heterocycles. The first-order valence-electron chi connectivity index (χ1n) is 7.47. The Hall–Kier alpha value is -1.42. The molecule has 1 aromatic rings. The van der Waals surface area contributed by atoms with Crippen LogP contribution in [0.15, 0.2) is 18.2 Å². The Kier molecular flexibility index (Phi) is 3.74. The maximum absolute atomic E-state index is 14.1. The highest BCUT2D eigenvalue weighted by Crippen LogP contribution is 2.33. The number of nitrogens with one attached hydrogen (secondary N) is 1. The molecule has 1 aromatic carbocycles. The fraction of sp³-hybridized carbons (Fsp3) is 0.562. The SMILES string of the molecule is C[C@H]1c2c(F)cccc2CCN1C(=O)C1CCNCC1. The number of carbonyl (C=O) groups excluding carboxylic acids is 1. The Morgan fingerprint density at radius 1 is 1.35 bits per heavy atom. The molecule has 1 atom stereocenters. The molecule has 2 aliphatic heterocycles. The maximum Gasteiger partial charge on any atom is 0.226 e. The molecule has 1 N–H and O–H groups in total. The van der Waals surface area contributed by atoms with Crippen molar-refractivity contribution in [2.24, 2.45) is 5.92 Å². The fourth-order valence-electron chi connectivity index (χ4n) is 3.46. The molecule has 20 heavy (non-hydrogen) atoms. The van der Waals surface area contributed by atoms with Crippen molar-refractivity contribution in [3.8, 4) is 0 Å². The summed E-state index contributed by atoms with van der Waals surface area (Å²) < 4.78 is 14.1. The summed E-state index contributed by atoms with van der Waals surface area (Å²) in [6.07, 6.45) is 2.55. The maximum atomic E-state index is 14.1. The van der Waals surface area contributed by atoms with Crippen LogP contribution in [0.2, 0.25) is 0 Å². The summed E-state index contributed by atoms with van der Waals surface area (Å²) in [6, 6.07) is 5.07. The largest absolute Gasteiger partial charge is 0.335 e. The number of piperidine rings is 1. The third-order valence-corrected chi connectivity index (χ3v) is 4.62. The lowest BCUT2D eigenvalue weighted by Crippen LogP contribution is -2.45. The zero-order chi connectivity index (χ0) is 14.1. The lowest BCUT2D eigenvalue weighted by molar-refractivity contribution is -0.139. The fourth-order valence-corrected chi connectivity index (χ4v) is 3.46. The molecule has 0 unspecified atom stereocenters. The van der Waals surface area contributed by atoms with Crippen LogP contribution in [0.5, 0.6) is 0 Å². The van der Waals surface area contributed by atoms with Crippen molar-refractivity contribution in [3.63, 3.8) is 0 Å². The third kappa shape index (κ3) is 2.33. The third-order valence-electron chi connectivity index (χ3n) is 4.62. The number of benzene rings is 1. The number of fused-ring (bicyclic) bond motifs is 1. The minimum absolute atomic E-state index is 0.104. The summed E-state index contributed by atoms with van der Waals surface area (Å²) in [7, 11) is 0. The van der Waals surface area contributed by atoms with E-state index in [2.05, 4.69) is 5.32 Å². The minimum Gasteiger partial charge on any atom is -0.335 e. The molecule has 0 spiro atoms. The quantitative estimate of drug-likeness (QED) is 0.853. The Bertz CT molecular complexity index is 511. The van der Waals surface area contributed by atoms with Gasteiger partial charge < -0.3 is 10.2 Å². The van der Waals surface area contributed by atoms with E-state index >= 15 is 0 Å². The zero-order valence-corrected chi connectivity index (χ0v) is 11.9. The van der Waals surface area contributed by atoms with Crippen molar-refractivity contribution >= 4 is 5.91 Å². The normalized spacial score (nSPS) is 23.5. The van der Waals surface area contributed by atoms with Gasteiger partial charge in [0.1, 0.15) is 5.82 Å². The van der Waals surface area contributed by atoms with Gasteiger partial charge in [0.2, 0.25) is 5.91 Å². The first-order chi connectivity index (χ1) is 9.68. The molecule has 2 heterocycles. The smallest absolute Gasteiger partial charge is 0.226 e. The minimum atomic E-state index is -0.183. The topological polar surface area (TPSA) is 32.3 Å². The monoisotopic (exact) mass is 276 g/mol. The van der Waals surface area contributed by atoms with Gasteiger partial charge >= 0.3 is 0 Å². The van der Waals surface area contributed by atoms with Crippen molar-refractivity contribution in [2.45, 2.75) is 32.2 Å². The highest BCUT2D eigenvalue weighted by atomic mass is 19.1. The van der Waals surface area contributed by atoms with Crippen molar-refractivity contribution in [1.29, 1.82) is 0 Å². The van der Waals surface area contributed by atoms with Crippen molar-refractivity contribution in [1.82, 2.24) is 10.2 Å². The van der Waals surface area contributed by atoms with Crippen LogP contribution in [0.1, 0.15) is 36.9 Å². The summed E-state index contributed by atoms with van der Waals surface area (Å²) in [5, 5.41) is 3.28. The van der Waals surface area contributed by atoms with E-state index < -0.39 is 0 Å². The van der Waals surface area contributed by atoms with Gasteiger partial charge in [-0.25, -0.2) is 4.39 Å². The molecule has 0 radical (unpaired) electrons. The first kappa shape index (κ1) is 13.6. The van der Waals surface area contributed by atoms with E-state index in [0.29, 0.717) is 12.1 Å². The molecular formula is C16H21FN2O. The molecule has 0 aliphatic carbocycles. The van der Waals surface area contributed by atoms with Crippen molar-refractivity contribution in [2.75, 3.05) is 19.6 Å². The van der Waals surface area contributed by atoms with E-state index in [9.17, 15) is 9.18 Å². The van der Waals surface area contributed by atoms with Crippen LogP contribution in [0.3, 0.4) is 0 Å². The standard InChI is InChI=1S/C16H21FN2O/c1-11-15-12(3-2-4-14(15)17)7-10-19(11)16(20)13-5-8-18-9-6-13/h2-4,11,13,18H,5-10H2,1H3/t11-/m0/s1. The molecule has 2 aliphatic rings. The number of halogens is 1. The van der Waals surface area contributed by atoms with Gasteiger partial charge in [0.05, 0.1) is 6.04 Å². The van der Waals surface area contributed by atoms with Crippen LogP contribution in [0.25, 0.3) is 0 Å². The number of carbonyl (C=O) groups is 1. The van der Waals surface area contributed by atoms with Crippen LogP contribution < -0.4 is 5.32 Å². The van der Waals surface area contributed by atoms with Gasteiger partial charge in [0.15, 0.2) is 0 Å².